The summed E-state index contributed by atoms with van der Waals surface area (Å²) in [5.74, 6) is -0.199. The van der Waals surface area contributed by atoms with Gasteiger partial charge in [0.1, 0.15) is 6.04 Å². The number of urea groups is 1. The molecule has 0 aliphatic rings. The Bertz CT molecular complexity index is 859. The minimum atomic E-state index is -0.445. The van der Waals surface area contributed by atoms with Crippen molar-refractivity contribution in [3.05, 3.63) is 66.9 Å². The van der Waals surface area contributed by atoms with Crippen LogP contribution in [0.2, 0.25) is 0 Å². The third-order valence-corrected chi connectivity index (χ3v) is 3.72. The van der Waals surface area contributed by atoms with Gasteiger partial charge in [-0.3, -0.25) is 9.48 Å². The van der Waals surface area contributed by atoms with Crippen LogP contribution in [0.5, 0.6) is 0 Å². The Morgan fingerprint density at radius 2 is 2.00 bits per heavy atom. The van der Waals surface area contributed by atoms with Gasteiger partial charge in [-0.1, -0.05) is 6.07 Å². The van der Waals surface area contributed by atoms with Gasteiger partial charge in [-0.15, -0.1) is 0 Å². The zero-order chi connectivity index (χ0) is 18.4. The van der Waals surface area contributed by atoms with Crippen LogP contribution in [0.15, 0.2) is 65.7 Å². The summed E-state index contributed by atoms with van der Waals surface area (Å²) in [6, 6.07) is 9.67. The standard InChI is InChI=1S/C18H19N5O3/c1-13(23-8-3-7-20-23)17(24)21-15-4-2-5-16(10-15)22-18(25)19-11-14-6-9-26-12-14/h2-10,12-13H,11H2,1H3,(H,21,24)(H2,19,22,25). The van der Waals surface area contributed by atoms with E-state index in [1.807, 2.05) is 0 Å². The number of hydrogen-bond acceptors (Lipinski definition) is 4. The summed E-state index contributed by atoms with van der Waals surface area (Å²) in [5.41, 5.74) is 2.02. The third kappa shape index (κ3) is 4.50. The molecule has 1 aromatic carbocycles. The minimum absolute atomic E-state index is 0.199. The van der Waals surface area contributed by atoms with Gasteiger partial charge in [0.2, 0.25) is 5.91 Å². The van der Waals surface area contributed by atoms with Gasteiger partial charge in [0, 0.05) is 35.9 Å². The molecule has 1 atom stereocenters. The number of anilines is 2. The molecule has 1 unspecified atom stereocenters. The summed E-state index contributed by atoms with van der Waals surface area (Å²) >= 11 is 0. The highest BCUT2D eigenvalue weighted by atomic mass is 16.3. The lowest BCUT2D eigenvalue weighted by Crippen LogP contribution is -2.28. The number of nitrogens with one attached hydrogen (secondary N) is 3. The van der Waals surface area contributed by atoms with Crippen molar-refractivity contribution >= 4 is 23.3 Å². The van der Waals surface area contributed by atoms with Gasteiger partial charge in [-0.2, -0.15) is 5.10 Å². The number of carbonyl (C=O) groups excluding carboxylic acids is 2. The van der Waals surface area contributed by atoms with Gasteiger partial charge in [0.15, 0.2) is 0 Å². The van der Waals surface area contributed by atoms with Crippen molar-refractivity contribution in [1.29, 1.82) is 0 Å². The molecule has 0 fully saturated rings. The molecule has 0 bridgehead atoms. The summed E-state index contributed by atoms with van der Waals surface area (Å²) in [4.78, 5) is 24.3. The van der Waals surface area contributed by atoms with Crippen LogP contribution in [0.4, 0.5) is 16.2 Å². The first kappa shape index (κ1) is 17.3. The Morgan fingerprint density at radius 3 is 2.69 bits per heavy atom. The molecule has 3 amide bonds. The number of carbonyl (C=O) groups is 2. The lowest BCUT2D eigenvalue weighted by molar-refractivity contribution is -0.119. The van der Waals surface area contributed by atoms with E-state index < -0.39 is 6.04 Å². The number of hydrogen-bond donors (Lipinski definition) is 3. The van der Waals surface area contributed by atoms with Gasteiger partial charge in [0.05, 0.1) is 12.5 Å². The molecule has 3 rings (SSSR count). The lowest BCUT2D eigenvalue weighted by atomic mass is 10.2. The Balaban J connectivity index is 1.55. The van der Waals surface area contributed by atoms with E-state index >= 15 is 0 Å². The van der Waals surface area contributed by atoms with Crippen LogP contribution in [-0.4, -0.2) is 21.7 Å². The molecule has 0 radical (unpaired) electrons. The first-order valence-corrected chi connectivity index (χ1v) is 8.08. The van der Waals surface area contributed by atoms with E-state index in [1.165, 1.54) is 0 Å². The number of rotatable bonds is 6. The summed E-state index contributed by atoms with van der Waals surface area (Å²) in [6.07, 6.45) is 6.46. The van der Waals surface area contributed by atoms with Crippen LogP contribution < -0.4 is 16.0 Å². The van der Waals surface area contributed by atoms with E-state index in [-0.39, 0.29) is 11.9 Å². The molecule has 2 heterocycles. The van der Waals surface area contributed by atoms with Gasteiger partial charge in [-0.05, 0) is 37.3 Å². The quantitative estimate of drug-likeness (QED) is 0.634. The van der Waals surface area contributed by atoms with Gasteiger partial charge < -0.3 is 20.4 Å². The topological polar surface area (TPSA) is 101 Å². The predicted molar refractivity (Wildman–Crippen MR) is 96.6 cm³/mol. The van der Waals surface area contributed by atoms with E-state index in [4.69, 9.17) is 4.42 Å². The molecule has 26 heavy (non-hydrogen) atoms. The molecule has 3 N–H and O–H groups in total. The highest BCUT2D eigenvalue weighted by Crippen LogP contribution is 2.17. The predicted octanol–water partition coefficient (Wildman–Crippen LogP) is 3.00. The van der Waals surface area contributed by atoms with Crippen molar-refractivity contribution in [2.24, 2.45) is 0 Å². The van der Waals surface area contributed by atoms with Gasteiger partial charge in [-0.25, -0.2) is 4.79 Å². The molecule has 0 aliphatic heterocycles. The van der Waals surface area contributed by atoms with E-state index in [9.17, 15) is 9.59 Å². The number of amides is 3. The van der Waals surface area contributed by atoms with E-state index in [0.29, 0.717) is 17.9 Å². The first-order valence-electron chi connectivity index (χ1n) is 8.08. The number of furan rings is 1. The smallest absolute Gasteiger partial charge is 0.319 e. The molecule has 0 aliphatic carbocycles. The second-order valence-electron chi connectivity index (χ2n) is 5.67. The maximum atomic E-state index is 12.3. The normalized spacial score (nSPS) is 11.6. The summed E-state index contributed by atoms with van der Waals surface area (Å²) in [5, 5.41) is 12.3. The van der Waals surface area contributed by atoms with Crippen molar-refractivity contribution in [3.63, 3.8) is 0 Å². The van der Waals surface area contributed by atoms with Crippen LogP contribution in [0.3, 0.4) is 0 Å². The first-order chi connectivity index (χ1) is 12.6. The van der Waals surface area contributed by atoms with Gasteiger partial charge in [0.25, 0.3) is 0 Å². The zero-order valence-corrected chi connectivity index (χ0v) is 14.2. The van der Waals surface area contributed by atoms with Crippen molar-refractivity contribution < 1.29 is 14.0 Å². The Labute approximate surface area is 150 Å². The Hall–Kier alpha value is -3.55. The molecule has 0 saturated heterocycles. The van der Waals surface area contributed by atoms with E-state index in [2.05, 4.69) is 21.0 Å². The Kier molecular flexibility index (Phi) is 5.33. The summed E-state index contributed by atoms with van der Waals surface area (Å²) in [6.45, 7) is 2.12. The van der Waals surface area contributed by atoms with Crippen molar-refractivity contribution in [3.8, 4) is 0 Å². The molecule has 2 aromatic heterocycles. The van der Waals surface area contributed by atoms with Crippen LogP contribution in [0.1, 0.15) is 18.5 Å². The molecule has 134 valence electrons. The fourth-order valence-corrected chi connectivity index (χ4v) is 2.30. The van der Waals surface area contributed by atoms with Crippen molar-refractivity contribution in [2.45, 2.75) is 19.5 Å². The van der Waals surface area contributed by atoms with E-state index in [0.717, 1.165) is 5.56 Å². The largest absolute Gasteiger partial charge is 0.472 e. The average molecular weight is 353 g/mol. The fourth-order valence-electron chi connectivity index (χ4n) is 2.30. The second kappa shape index (κ2) is 8.02. The average Bonchev–Trinajstić information content (AvgIpc) is 3.33. The summed E-state index contributed by atoms with van der Waals surface area (Å²) in [7, 11) is 0. The maximum absolute atomic E-state index is 12.3. The second-order valence-corrected chi connectivity index (χ2v) is 5.67. The Morgan fingerprint density at radius 1 is 1.19 bits per heavy atom. The zero-order valence-electron chi connectivity index (χ0n) is 14.2. The number of aromatic nitrogens is 2. The van der Waals surface area contributed by atoms with Crippen LogP contribution in [-0.2, 0) is 11.3 Å². The monoisotopic (exact) mass is 353 g/mol. The molecule has 3 aromatic rings. The highest BCUT2D eigenvalue weighted by Gasteiger charge is 2.15. The molecule has 8 heteroatoms. The highest BCUT2D eigenvalue weighted by molar-refractivity contribution is 5.95. The molecule has 0 saturated carbocycles. The van der Waals surface area contributed by atoms with Crippen molar-refractivity contribution in [2.75, 3.05) is 10.6 Å². The van der Waals surface area contributed by atoms with E-state index in [1.54, 1.807) is 72.9 Å². The van der Waals surface area contributed by atoms with Crippen LogP contribution in [0, 0.1) is 0 Å². The molecule has 8 nitrogen and oxygen atoms in total. The molecular formula is C18H19N5O3. The molecule has 0 spiro atoms. The van der Waals surface area contributed by atoms with Crippen molar-refractivity contribution in [1.82, 2.24) is 15.1 Å². The van der Waals surface area contributed by atoms with Gasteiger partial charge >= 0.3 is 6.03 Å². The third-order valence-electron chi connectivity index (χ3n) is 3.72. The van der Waals surface area contributed by atoms with Crippen LogP contribution >= 0.6 is 0 Å². The fraction of sp³-hybridized carbons (Fsp3) is 0.167. The van der Waals surface area contributed by atoms with Crippen LogP contribution in [0.25, 0.3) is 0 Å². The minimum Gasteiger partial charge on any atom is -0.472 e. The number of benzene rings is 1. The lowest BCUT2D eigenvalue weighted by Gasteiger charge is -2.13. The summed E-state index contributed by atoms with van der Waals surface area (Å²) < 4.78 is 6.52. The molecular weight excluding hydrogens is 334 g/mol. The SMILES string of the molecule is CC(C(=O)Nc1cccc(NC(=O)NCc2ccoc2)c1)n1cccn1. The maximum Gasteiger partial charge on any atom is 0.319 e. The number of nitrogens with zero attached hydrogens (tertiary/aromatic N) is 2.